The van der Waals surface area contributed by atoms with E-state index in [0.717, 1.165) is 141 Å². The maximum absolute atomic E-state index is 12.8. The van der Waals surface area contributed by atoms with Gasteiger partial charge in [-0.05, 0) is 128 Å². The fraction of sp³-hybridized carbons (Fsp3) is 0.571. The van der Waals surface area contributed by atoms with Crippen LogP contribution in [-0.4, -0.2) is 37.2 Å². The second-order valence-corrected chi connectivity index (χ2v) is 17.4. The lowest BCUT2D eigenvalue weighted by Crippen LogP contribution is -2.30. The van der Waals surface area contributed by atoms with Crippen molar-refractivity contribution in [2.75, 3.05) is 13.2 Å². The first-order valence-electron chi connectivity index (χ1n) is 27.3. The van der Waals surface area contributed by atoms with Crippen LogP contribution in [0.2, 0.25) is 0 Å². The van der Waals surface area contributed by atoms with Gasteiger partial charge in [0.05, 0.1) is 0 Å². The number of carbonyl (C=O) groups excluding carboxylic acids is 3. The van der Waals surface area contributed by atoms with Crippen molar-refractivity contribution in [1.29, 1.82) is 0 Å². The first-order chi connectivity index (χ1) is 34.0. The molecule has 1 atom stereocenters. The van der Waals surface area contributed by atoms with Gasteiger partial charge in [-0.2, -0.15) is 0 Å². The number of carbonyl (C=O) groups is 3. The summed E-state index contributed by atoms with van der Waals surface area (Å²) in [7, 11) is 0. The molecule has 0 heterocycles. The monoisotopic (exact) mass is 951 g/mol. The lowest BCUT2D eigenvalue weighted by molar-refractivity contribution is -0.166. The normalized spacial score (nSPS) is 13.3. The summed E-state index contributed by atoms with van der Waals surface area (Å²) in [5.41, 5.74) is 0. The highest BCUT2D eigenvalue weighted by Crippen LogP contribution is 2.12. The van der Waals surface area contributed by atoms with E-state index in [-0.39, 0.29) is 31.6 Å². The zero-order valence-electron chi connectivity index (χ0n) is 44.0. The number of hydrogen-bond donors (Lipinski definition) is 0. The predicted molar refractivity (Wildman–Crippen MR) is 297 cm³/mol. The lowest BCUT2D eigenvalue weighted by atomic mass is 10.1. The van der Waals surface area contributed by atoms with Crippen molar-refractivity contribution in [2.45, 2.75) is 219 Å². The molecule has 0 aromatic rings. The van der Waals surface area contributed by atoms with E-state index in [1.54, 1.807) is 0 Å². The summed E-state index contributed by atoms with van der Waals surface area (Å²) in [5.74, 6) is -1.06. The third-order valence-corrected chi connectivity index (χ3v) is 10.8. The molecule has 6 heteroatoms. The molecule has 0 aliphatic rings. The van der Waals surface area contributed by atoms with Gasteiger partial charge in [0.1, 0.15) is 13.2 Å². The SMILES string of the molecule is CC/C=C\C/C=C\C/C=C\C/C=C\CCCCCCC(=O)OC[C@H](COC(=O)CCCCCCC/C=C\C/C=C\C/C=C\CC)OC(=O)CC/C=C\C/C=C\C/C=C\C/C=C\C/C=C\CCCCC. The van der Waals surface area contributed by atoms with Gasteiger partial charge < -0.3 is 14.2 Å². The Hall–Kier alpha value is -4.71. The topological polar surface area (TPSA) is 78.9 Å². The van der Waals surface area contributed by atoms with E-state index in [9.17, 15) is 14.4 Å². The van der Waals surface area contributed by atoms with Crippen LogP contribution in [0.15, 0.2) is 146 Å². The summed E-state index contributed by atoms with van der Waals surface area (Å²) in [5, 5.41) is 0. The van der Waals surface area contributed by atoms with Gasteiger partial charge in [0.2, 0.25) is 0 Å². The van der Waals surface area contributed by atoms with E-state index >= 15 is 0 Å². The molecule has 0 spiro atoms. The number of allylic oxidation sites excluding steroid dienone is 24. The fourth-order valence-corrected chi connectivity index (χ4v) is 6.78. The Bertz CT molecular complexity index is 1560. The highest BCUT2D eigenvalue weighted by atomic mass is 16.6. The molecule has 0 unspecified atom stereocenters. The van der Waals surface area contributed by atoms with E-state index < -0.39 is 12.1 Å². The van der Waals surface area contributed by atoms with Gasteiger partial charge in [-0.1, -0.05) is 212 Å². The number of esters is 3. The lowest BCUT2D eigenvalue weighted by Gasteiger charge is -2.18. The molecule has 0 N–H and O–H groups in total. The van der Waals surface area contributed by atoms with Gasteiger partial charge in [-0.3, -0.25) is 14.4 Å². The van der Waals surface area contributed by atoms with Crippen LogP contribution >= 0.6 is 0 Å². The quantitative estimate of drug-likeness (QED) is 0.0262. The van der Waals surface area contributed by atoms with Crippen molar-refractivity contribution in [3.8, 4) is 0 Å². The Labute approximate surface area is 423 Å². The third-order valence-electron chi connectivity index (χ3n) is 10.8. The molecule has 0 aliphatic heterocycles. The summed E-state index contributed by atoms with van der Waals surface area (Å²) in [4.78, 5) is 38.1. The molecule has 0 saturated carbocycles. The summed E-state index contributed by atoms with van der Waals surface area (Å²) in [6, 6.07) is 0. The molecule has 0 rings (SSSR count). The van der Waals surface area contributed by atoms with Gasteiger partial charge in [-0.25, -0.2) is 0 Å². The second kappa shape index (κ2) is 55.9. The van der Waals surface area contributed by atoms with Crippen LogP contribution in [0, 0.1) is 0 Å². The van der Waals surface area contributed by atoms with Gasteiger partial charge in [0.15, 0.2) is 6.10 Å². The van der Waals surface area contributed by atoms with Crippen LogP contribution in [-0.2, 0) is 28.6 Å². The van der Waals surface area contributed by atoms with Gasteiger partial charge in [0.25, 0.3) is 0 Å². The fourth-order valence-electron chi connectivity index (χ4n) is 6.78. The maximum atomic E-state index is 12.8. The minimum atomic E-state index is -0.842. The molecule has 0 bridgehead atoms. The molecule has 0 fully saturated rings. The minimum Gasteiger partial charge on any atom is -0.462 e. The molecular weight excluding hydrogens is 853 g/mol. The van der Waals surface area contributed by atoms with Gasteiger partial charge >= 0.3 is 17.9 Å². The zero-order chi connectivity index (χ0) is 50.0. The molecule has 0 amide bonds. The molecular formula is C63H98O6. The zero-order valence-corrected chi connectivity index (χ0v) is 44.0. The largest absolute Gasteiger partial charge is 0.462 e. The summed E-state index contributed by atoms with van der Waals surface area (Å²) in [6.07, 6.45) is 79.8. The molecule has 0 aliphatic carbocycles. The van der Waals surface area contributed by atoms with Crippen LogP contribution in [0.4, 0.5) is 0 Å². The van der Waals surface area contributed by atoms with Crippen LogP contribution < -0.4 is 0 Å². The van der Waals surface area contributed by atoms with Crippen LogP contribution in [0.25, 0.3) is 0 Å². The maximum Gasteiger partial charge on any atom is 0.306 e. The molecule has 0 aromatic heterocycles. The molecule has 0 saturated heterocycles. The first-order valence-corrected chi connectivity index (χ1v) is 27.3. The Balaban J connectivity index is 4.61. The average Bonchev–Trinajstić information content (AvgIpc) is 3.35. The number of hydrogen-bond acceptors (Lipinski definition) is 6. The van der Waals surface area contributed by atoms with Gasteiger partial charge in [-0.15, -0.1) is 0 Å². The van der Waals surface area contributed by atoms with Crippen molar-refractivity contribution in [3.05, 3.63) is 146 Å². The van der Waals surface area contributed by atoms with Gasteiger partial charge in [0, 0.05) is 19.3 Å². The highest BCUT2D eigenvalue weighted by Gasteiger charge is 2.19. The first kappa shape index (κ1) is 64.3. The summed E-state index contributed by atoms with van der Waals surface area (Å²) in [6.45, 7) is 6.27. The number of rotatable bonds is 47. The third kappa shape index (κ3) is 54.1. The average molecular weight is 951 g/mol. The van der Waals surface area contributed by atoms with E-state index in [2.05, 4.69) is 154 Å². The Morgan fingerprint density at radius 2 is 0.594 bits per heavy atom. The molecule has 0 radical (unpaired) electrons. The van der Waals surface area contributed by atoms with E-state index in [1.165, 1.54) is 25.7 Å². The van der Waals surface area contributed by atoms with Crippen molar-refractivity contribution in [1.82, 2.24) is 0 Å². The minimum absolute atomic E-state index is 0.131. The number of ether oxygens (including phenoxy) is 3. The molecule has 0 aromatic carbocycles. The predicted octanol–water partition coefficient (Wildman–Crippen LogP) is 18.4. The smallest absolute Gasteiger partial charge is 0.306 e. The standard InChI is InChI=1S/C63H98O6/c1-4-7-10-13-16-19-22-25-28-30-31-33-36-39-42-45-48-51-54-57-63(66)69-60(58-67-61(64)55-52-49-46-43-40-37-34-27-24-21-18-15-12-9-6-3)59-68-62(65)56-53-50-47-44-41-38-35-32-29-26-23-20-17-14-11-8-5-2/h8-9,11-12,16-21,25-29,31,33-35,38-39,42,48,51,60H,4-7,10,13-15,22-24,30,32,36-37,40-41,43-47,49-50,52-59H2,1-3H3/b11-8-,12-9-,19-16-,20-17-,21-18-,28-25-,29-26-,33-31-,34-27-,38-35-,42-39-,51-48-/t60-/m0/s1. The molecule has 6 nitrogen and oxygen atoms in total. The summed E-state index contributed by atoms with van der Waals surface area (Å²) < 4.78 is 16.7. The van der Waals surface area contributed by atoms with Crippen molar-refractivity contribution in [3.63, 3.8) is 0 Å². The van der Waals surface area contributed by atoms with E-state index in [1.807, 2.05) is 12.2 Å². The summed E-state index contributed by atoms with van der Waals surface area (Å²) >= 11 is 0. The van der Waals surface area contributed by atoms with Crippen molar-refractivity contribution in [2.24, 2.45) is 0 Å². The van der Waals surface area contributed by atoms with Crippen LogP contribution in [0.5, 0.6) is 0 Å². The number of unbranched alkanes of at least 4 members (excludes halogenated alkanes) is 12. The Morgan fingerprint density at radius 3 is 0.942 bits per heavy atom. The highest BCUT2D eigenvalue weighted by molar-refractivity contribution is 5.71. The van der Waals surface area contributed by atoms with Crippen LogP contribution in [0.1, 0.15) is 213 Å². The van der Waals surface area contributed by atoms with Crippen LogP contribution in [0.3, 0.4) is 0 Å². The Morgan fingerprint density at radius 1 is 0.304 bits per heavy atom. The van der Waals surface area contributed by atoms with E-state index in [0.29, 0.717) is 19.3 Å². The molecule has 386 valence electrons. The van der Waals surface area contributed by atoms with Crippen molar-refractivity contribution >= 4 is 17.9 Å². The molecule has 69 heavy (non-hydrogen) atoms. The second-order valence-electron chi connectivity index (χ2n) is 17.4. The van der Waals surface area contributed by atoms with Crippen molar-refractivity contribution < 1.29 is 28.6 Å². The van der Waals surface area contributed by atoms with E-state index in [4.69, 9.17) is 14.2 Å². The Kier molecular flexibility index (Phi) is 52.1.